The molecule has 1 atom stereocenters. The van der Waals surface area contributed by atoms with Crippen LogP contribution >= 0.6 is 0 Å². The number of nitrogens with zero attached hydrogens (tertiary/aromatic N) is 4. The number of ether oxygens (including phenoxy) is 1. The molecule has 15 nitrogen and oxygen atoms in total. The van der Waals surface area contributed by atoms with Crippen molar-refractivity contribution in [1.82, 2.24) is 30.8 Å². The lowest BCUT2D eigenvalue weighted by Gasteiger charge is -2.34. The molecule has 58 heavy (non-hydrogen) atoms. The highest BCUT2D eigenvalue weighted by molar-refractivity contribution is 6.23. The van der Waals surface area contributed by atoms with Crippen LogP contribution in [0.15, 0.2) is 60.9 Å². The second-order valence-corrected chi connectivity index (χ2v) is 13.8. The molecule has 1 unspecified atom stereocenters. The number of benzene rings is 2. The van der Waals surface area contributed by atoms with Crippen LogP contribution in [0.25, 0.3) is 0 Å². The first kappa shape index (κ1) is 39.6. The van der Waals surface area contributed by atoms with E-state index >= 15 is 4.39 Å². The summed E-state index contributed by atoms with van der Waals surface area (Å²) >= 11 is 0. The summed E-state index contributed by atoms with van der Waals surface area (Å²) in [6.07, 6.45) is -1.44. The molecule has 5 heterocycles. The lowest BCUT2D eigenvalue weighted by atomic mass is 10.0. The Morgan fingerprint density at radius 1 is 0.948 bits per heavy atom. The van der Waals surface area contributed by atoms with Gasteiger partial charge in [-0.15, -0.1) is 0 Å². The predicted octanol–water partition coefficient (Wildman–Crippen LogP) is 4.65. The zero-order valence-corrected chi connectivity index (χ0v) is 31.1. The maximum Gasteiger partial charge on any atom is 0.419 e. The fraction of sp³-hybridized carbons (Fsp3) is 0.308. The van der Waals surface area contributed by atoms with E-state index in [2.05, 4.69) is 41.5 Å². The number of nitrogens with one attached hydrogen (secondary N) is 5. The molecule has 5 amide bonds. The fourth-order valence-electron chi connectivity index (χ4n) is 7.19. The summed E-state index contributed by atoms with van der Waals surface area (Å²) < 4.78 is 63.0. The van der Waals surface area contributed by atoms with E-state index in [-0.39, 0.29) is 70.8 Å². The summed E-state index contributed by atoms with van der Waals surface area (Å²) in [4.78, 5) is 73.7. The van der Waals surface area contributed by atoms with Gasteiger partial charge < -0.3 is 30.9 Å². The maximum atomic E-state index is 15.5. The molecular formula is C39H37F4N9O6. The third kappa shape index (κ3) is 7.97. The zero-order valence-electron chi connectivity index (χ0n) is 31.1. The van der Waals surface area contributed by atoms with Gasteiger partial charge in [-0.1, -0.05) is 0 Å². The van der Waals surface area contributed by atoms with E-state index in [1.54, 1.807) is 18.2 Å². The van der Waals surface area contributed by atoms with Crippen LogP contribution in [0.2, 0.25) is 0 Å². The van der Waals surface area contributed by atoms with Gasteiger partial charge in [0.15, 0.2) is 0 Å². The van der Waals surface area contributed by atoms with Crippen molar-refractivity contribution in [2.24, 2.45) is 0 Å². The highest BCUT2D eigenvalue weighted by Crippen LogP contribution is 2.39. The lowest BCUT2D eigenvalue weighted by Crippen LogP contribution is -2.54. The van der Waals surface area contributed by atoms with Crippen molar-refractivity contribution in [2.75, 3.05) is 42.8 Å². The molecule has 5 N–H and O–H groups in total. The highest BCUT2D eigenvalue weighted by atomic mass is 19.4. The van der Waals surface area contributed by atoms with Gasteiger partial charge in [-0.05, 0) is 55.7 Å². The van der Waals surface area contributed by atoms with E-state index in [9.17, 15) is 37.1 Å². The Kier molecular flexibility index (Phi) is 11.0. The van der Waals surface area contributed by atoms with Crippen LogP contribution in [0.5, 0.6) is 5.75 Å². The zero-order chi connectivity index (χ0) is 41.3. The smallest absolute Gasteiger partial charge is 0.419 e. The molecule has 0 spiro atoms. The van der Waals surface area contributed by atoms with Crippen LogP contribution < -0.4 is 36.2 Å². The third-order valence-corrected chi connectivity index (χ3v) is 10.2. The van der Waals surface area contributed by atoms with Gasteiger partial charge in [0.2, 0.25) is 11.8 Å². The second-order valence-electron chi connectivity index (χ2n) is 13.8. The Balaban J connectivity index is 0.989. The van der Waals surface area contributed by atoms with Crippen molar-refractivity contribution in [3.63, 3.8) is 0 Å². The van der Waals surface area contributed by atoms with Crippen LogP contribution in [-0.2, 0) is 22.3 Å². The number of hydrogen-bond acceptors (Lipinski definition) is 12. The first-order chi connectivity index (χ1) is 27.7. The Labute approximate surface area is 328 Å². The Bertz CT molecular complexity index is 2320. The number of fused-ring (bicyclic) bond motifs is 1. The number of rotatable bonds is 11. The average molecular weight is 804 g/mol. The number of carbonyl (C=O) groups excluding carboxylic acids is 5. The average Bonchev–Trinajstić information content (AvgIpc) is 3.45. The van der Waals surface area contributed by atoms with E-state index in [0.717, 1.165) is 22.7 Å². The molecule has 2 aromatic carbocycles. The quantitative estimate of drug-likeness (QED) is 0.105. The molecule has 0 radical (unpaired) electrons. The Hall–Kier alpha value is -6.63. The van der Waals surface area contributed by atoms with Crippen LogP contribution in [-0.4, -0.2) is 83.7 Å². The van der Waals surface area contributed by atoms with Gasteiger partial charge in [0.1, 0.15) is 29.2 Å². The van der Waals surface area contributed by atoms with Gasteiger partial charge in [0.05, 0.1) is 40.7 Å². The minimum absolute atomic E-state index is 0.00499. The van der Waals surface area contributed by atoms with Crippen molar-refractivity contribution >= 4 is 58.2 Å². The molecule has 2 aromatic heterocycles. The van der Waals surface area contributed by atoms with Crippen LogP contribution in [0.3, 0.4) is 0 Å². The van der Waals surface area contributed by atoms with Crippen molar-refractivity contribution in [3.8, 4) is 5.75 Å². The number of anilines is 5. The third-order valence-electron chi connectivity index (χ3n) is 10.2. The van der Waals surface area contributed by atoms with Crippen molar-refractivity contribution < 1.29 is 46.3 Å². The molecule has 0 saturated carbocycles. The van der Waals surface area contributed by atoms with Gasteiger partial charge in [-0.3, -0.25) is 34.2 Å². The Morgan fingerprint density at radius 2 is 1.71 bits per heavy atom. The maximum absolute atomic E-state index is 15.5. The molecule has 2 saturated heterocycles. The number of piperidine rings is 2. The van der Waals surface area contributed by atoms with E-state index in [4.69, 9.17) is 4.74 Å². The van der Waals surface area contributed by atoms with Crippen molar-refractivity contribution in [2.45, 2.75) is 50.5 Å². The molecule has 19 heteroatoms. The molecule has 3 aliphatic rings. The fourth-order valence-corrected chi connectivity index (χ4v) is 7.19. The molecule has 3 aliphatic heterocycles. The predicted molar refractivity (Wildman–Crippen MR) is 202 cm³/mol. The van der Waals surface area contributed by atoms with Gasteiger partial charge in [0.25, 0.3) is 17.7 Å². The lowest BCUT2D eigenvalue weighted by molar-refractivity contribution is -0.137. The summed E-state index contributed by atoms with van der Waals surface area (Å²) in [6, 6.07) is 10.5. The van der Waals surface area contributed by atoms with Gasteiger partial charge in [-0.25, -0.2) is 14.4 Å². The van der Waals surface area contributed by atoms with Crippen LogP contribution in [0.1, 0.15) is 67.9 Å². The molecule has 302 valence electrons. The summed E-state index contributed by atoms with van der Waals surface area (Å²) in [6.45, 7) is 1.33. The van der Waals surface area contributed by atoms with Gasteiger partial charge in [-0.2, -0.15) is 13.2 Å². The van der Waals surface area contributed by atoms with Crippen molar-refractivity contribution in [1.29, 1.82) is 0 Å². The van der Waals surface area contributed by atoms with Crippen molar-refractivity contribution in [3.05, 3.63) is 94.6 Å². The first-order valence-electron chi connectivity index (χ1n) is 18.2. The van der Waals surface area contributed by atoms with E-state index in [1.807, 2.05) is 0 Å². The van der Waals surface area contributed by atoms with Crippen LogP contribution in [0, 0.1) is 5.82 Å². The van der Waals surface area contributed by atoms with Crippen LogP contribution in [0.4, 0.5) is 46.3 Å². The molecule has 0 aliphatic carbocycles. The number of amides is 5. The summed E-state index contributed by atoms with van der Waals surface area (Å²) in [5.74, 6) is -3.43. The van der Waals surface area contributed by atoms with E-state index < -0.39 is 58.8 Å². The number of aromatic nitrogens is 2. The summed E-state index contributed by atoms with van der Waals surface area (Å²) in [5, 5.41) is 13.4. The molecule has 0 bridgehead atoms. The number of imide groups is 2. The molecule has 2 fully saturated rings. The number of alkyl halides is 3. The van der Waals surface area contributed by atoms with E-state index in [0.29, 0.717) is 32.1 Å². The topological polar surface area (TPSA) is 187 Å². The standard InChI is InChI=1S/C39H37F4N9O6/c1-44-35(54)24-4-3-11-45-34(24)49-28-17-32(47-19-26(28)39(41,42)43)48-29-16-27(40)20(14-31(29)58-2)18-46-21-9-12-51(13-10-21)22-5-6-23-25(15-22)38(57)52(37(23)56)30-7-8-33(53)50-36(30)55/h3-6,11,14-17,19,21,30,46H,7-10,12-13,18H2,1-2H3,(H,44,54)(H,50,53,55)(H2,45,47,48,49). The highest BCUT2D eigenvalue weighted by Gasteiger charge is 2.45. The minimum atomic E-state index is -4.81. The Morgan fingerprint density at radius 3 is 2.41 bits per heavy atom. The summed E-state index contributed by atoms with van der Waals surface area (Å²) in [5.41, 5.74) is -0.0318. The molecule has 7 rings (SSSR count). The number of hydrogen-bond donors (Lipinski definition) is 5. The molecule has 4 aromatic rings. The van der Waals surface area contributed by atoms with E-state index in [1.165, 1.54) is 38.6 Å². The minimum Gasteiger partial charge on any atom is -0.495 e. The number of pyridine rings is 2. The second kappa shape index (κ2) is 16.1. The number of halogens is 4. The van der Waals surface area contributed by atoms with Gasteiger partial charge in [0, 0.05) is 74.9 Å². The first-order valence-corrected chi connectivity index (χ1v) is 18.2. The van der Waals surface area contributed by atoms with Gasteiger partial charge >= 0.3 is 6.18 Å². The molecular weight excluding hydrogens is 766 g/mol. The number of methoxy groups -OCH3 is 1. The normalized spacial score (nSPS) is 17.2. The largest absolute Gasteiger partial charge is 0.495 e. The summed E-state index contributed by atoms with van der Waals surface area (Å²) in [7, 11) is 2.75. The number of carbonyl (C=O) groups is 5. The monoisotopic (exact) mass is 803 g/mol. The SMILES string of the molecule is CNC(=O)c1cccnc1Nc1cc(Nc2cc(F)c(CNC3CCN(c4ccc5c(c4)C(=O)N(C4CCC(=O)NC4=O)C5=O)CC3)cc2OC)ncc1C(F)(F)F.